The minimum atomic E-state index is -1.07. The van der Waals surface area contributed by atoms with Gasteiger partial charge in [0.25, 0.3) is 0 Å². The molecule has 2 nitrogen and oxygen atoms in total. The molecule has 2 aromatic carbocycles. The molecule has 0 aliphatic carbocycles. The smallest absolute Gasteiger partial charge is 0.188 e. The van der Waals surface area contributed by atoms with Crippen molar-refractivity contribution >= 4 is 33.3 Å². The van der Waals surface area contributed by atoms with E-state index in [4.69, 9.17) is 11.6 Å². The summed E-state index contributed by atoms with van der Waals surface area (Å²) in [6.07, 6.45) is 0. The van der Waals surface area contributed by atoms with Gasteiger partial charge in [-0.15, -0.1) is 0 Å². The zero-order chi connectivity index (χ0) is 14.7. The van der Waals surface area contributed by atoms with Crippen molar-refractivity contribution in [3.8, 4) is 6.07 Å². The lowest BCUT2D eigenvalue weighted by Crippen LogP contribution is -2.13. The molecule has 0 radical (unpaired) electrons. The van der Waals surface area contributed by atoms with Gasteiger partial charge in [0.1, 0.15) is 11.7 Å². The molecule has 0 aliphatic rings. The van der Waals surface area contributed by atoms with Crippen LogP contribution in [0, 0.1) is 17.1 Å². The third-order valence-electron chi connectivity index (χ3n) is 2.80. The molecule has 0 saturated carbocycles. The van der Waals surface area contributed by atoms with Crippen molar-refractivity contribution in [2.75, 3.05) is 0 Å². The summed E-state index contributed by atoms with van der Waals surface area (Å²) in [4.78, 5) is 12.4. The summed E-state index contributed by atoms with van der Waals surface area (Å²) in [6, 6.07) is 12.5. The molecule has 2 aromatic rings. The number of carbonyl (C=O) groups excluding carboxylic acids is 1. The highest BCUT2D eigenvalue weighted by Crippen LogP contribution is 2.27. The van der Waals surface area contributed by atoms with Crippen molar-refractivity contribution in [3.63, 3.8) is 0 Å². The average Bonchev–Trinajstić information content (AvgIpc) is 2.41. The Morgan fingerprint density at radius 2 is 1.90 bits per heavy atom. The van der Waals surface area contributed by atoms with Gasteiger partial charge in [-0.05, 0) is 45.8 Å². The van der Waals surface area contributed by atoms with E-state index in [-0.39, 0.29) is 5.56 Å². The van der Waals surface area contributed by atoms with Gasteiger partial charge in [-0.2, -0.15) is 5.26 Å². The molecule has 0 saturated heterocycles. The van der Waals surface area contributed by atoms with Gasteiger partial charge in [-0.25, -0.2) is 4.39 Å². The van der Waals surface area contributed by atoms with Crippen LogP contribution < -0.4 is 0 Å². The largest absolute Gasteiger partial charge is 0.292 e. The first-order valence-corrected chi connectivity index (χ1v) is 6.85. The first-order valence-electron chi connectivity index (χ1n) is 5.68. The third-order valence-corrected chi connectivity index (χ3v) is 3.72. The Kier molecular flexibility index (Phi) is 4.53. The van der Waals surface area contributed by atoms with Gasteiger partial charge >= 0.3 is 0 Å². The number of nitrogens with zero attached hydrogens (tertiary/aromatic N) is 1. The van der Waals surface area contributed by atoms with Crippen LogP contribution in [-0.4, -0.2) is 5.78 Å². The molecule has 2 rings (SSSR count). The summed E-state index contributed by atoms with van der Waals surface area (Å²) in [5, 5.41) is 9.73. The predicted molar refractivity (Wildman–Crippen MR) is 78.2 cm³/mol. The van der Waals surface area contributed by atoms with Crippen LogP contribution in [0.2, 0.25) is 5.02 Å². The van der Waals surface area contributed by atoms with E-state index in [1.54, 1.807) is 30.3 Å². The lowest BCUT2D eigenvalue weighted by Gasteiger charge is -2.11. The predicted octanol–water partition coefficient (Wildman–Crippen LogP) is 4.73. The molecule has 100 valence electrons. The summed E-state index contributed by atoms with van der Waals surface area (Å²) in [5.41, 5.74) is 0.367. The maximum atomic E-state index is 13.8. The fourth-order valence-electron chi connectivity index (χ4n) is 1.82. The van der Waals surface area contributed by atoms with E-state index in [9.17, 15) is 14.4 Å². The van der Waals surface area contributed by atoms with E-state index in [0.717, 1.165) is 0 Å². The van der Waals surface area contributed by atoms with Crippen molar-refractivity contribution in [1.82, 2.24) is 0 Å². The van der Waals surface area contributed by atoms with Crippen molar-refractivity contribution in [3.05, 3.63) is 68.9 Å². The zero-order valence-corrected chi connectivity index (χ0v) is 12.5. The van der Waals surface area contributed by atoms with Crippen LogP contribution in [0.25, 0.3) is 0 Å². The summed E-state index contributed by atoms with van der Waals surface area (Å²) in [6.45, 7) is 0. The van der Waals surface area contributed by atoms with Gasteiger partial charge in [0.15, 0.2) is 5.78 Å². The number of hydrogen-bond donors (Lipinski definition) is 0. The van der Waals surface area contributed by atoms with Crippen LogP contribution in [0.1, 0.15) is 21.8 Å². The van der Waals surface area contributed by atoms with Crippen LogP contribution in [0.3, 0.4) is 0 Å². The highest BCUT2D eigenvalue weighted by Gasteiger charge is 2.26. The van der Waals surface area contributed by atoms with Crippen molar-refractivity contribution in [2.24, 2.45) is 0 Å². The van der Waals surface area contributed by atoms with Gasteiger partial charge < -0.3 is 0 Å². The lowest BCUT2D eigenvalue weighted by atomic mass is 9.91. The zero-order valence-electron chi connectivity index (χ0n) is 10.1. The van der Waals surface area contributed by atoms with E-state index in [0.29, 0.717) is 15.1 Å². The minimum Gasteiger partial charge on any atom is -0.292 e. The number of carbonyl (C=O) groups is 1. The normalized spacial score (nSPS) is 11.7. The quantitative estimate of drug-likeness (QED) is 0.749. The summed E-state index contributed by atoms with van der Waals surface area (Å²) in [5.74, 6) is -2.31. The fraction of sp³-hybridized carbons (Fsp3) is 0.0667. The topological polar surface area (TPSA) is 40.9 Å². The number of halogens is 3. The first-order chi connectivity index (χ1) is 9.54. The van der Waals surface area contributed by atoms with E-state index in [1.165, 1.54) is 12.1 Å². The van der Waals surface area contributed by atoms with E-state index in [2.05, 4.69) is 15.9 Å². The minimum absolute atomic E-state index is 0.117. The highest BCUT2D eigenvalue weighted by atomic mass is 79.9. The van der Waals surface area contributed by atoms with Gasteiger partial charge in [-0.1, -0.05) is 29.8 Å². The highest BCUT2D eigenvalue weighted by molar-refractivity contribution is 9.10. The molecule has 0 bridgehead atoms. The monoisotopic (exact) mass is 351 g/mol. The fourth-order valence-corrected chi connectivity index (χ4v) is 2.48. The molecule has 1 unspecified atom stereocenters. The van der Waals surface area contributed by atoms with Gasteiger partial charge in [0, 0.05) is 9.50 Å². The Hall–Kier alpha value is -1.70. The molecule has 0 aromatic heterocycles. The molecule has 0 amide bonds. The Morgan fingerprint density at radius 3 is 2.45 bits per heavy atom. The van der Waals surface area contributed by atoms with Crippen LogP contribution >= 0.6 is 27.5 Å². The van der Waals surface area contributed by atoms with Crippen molar-refractivity contribution in [1.29, 1.82) is 5.26 Å². The summed E-state index contributed by atoms with van der Waals surface area (Å²) >= 11 is 8.91. The molecule has 5 heteroatoms. The van der Waals surface area contributed by atoms with Crippen LogP contribution in [0.15, 0.2) is 46.9 Å². The van der Waals surface area contributed by atoms with Crippen molar-refractivity contribution < 1.29 is 9.18 Å². The molecule has 1 atom stereocenters. The maximum Gasteiger partial charge on any atom is 0.188 e. The Bertz CT molecular complexity index is 674. The van der Waals surface area contributed by atoms with Crippen LogP contribution in [0.5, 0.6) is 0 Å². The second-order valence-electron chi connectivity index (χ2n) is 4.07. The Morgan fingerprint density at radius 1 is 1.25 bits per heavy atom. The molecule has 0 aliphatic heterocycles. The van der Waals surface area contributed by atoms with E-state index in [1.807, 2.05) is 6.07 Å². The number of benzene rings is 2. The number of rotatable bonds is 3. The standard InChI is InChI=1S/C15H8BrClFNO/c16-12-2-1-3-13(18)14(12)15(20)11(8-19)9-4-6-10(17)7-5-9/h1-7,11H. The Labute approximate surface area is 128 Å². The van der Waals surface area contributed by atoms with Crippen molar-refractivity contribution in [2.45, 2.75) is 5.92 Å². The maximum absolute atomic E-state index is 13.8. The second kappa shape index (κ2) is 6.17. The molecular weight excluding hydrogens is 345 g/mol. The third kappa shape index (κ3) is 2.90. The summed E-state index contributed by atoms with van der Waals surface area (Å²) < 4.78 is 14.1. The van der Waals surface area contributed by atoms with Gasteiger partial charge in [-0.3, -0.25) is 4.79 Å². The van der Waals surface area contributed by atoms with E-state index >= 15 is 0 Å². The number of ketones is 1. The molecule has 0 fully saturated rings. The van der Waals surface area contributed by atoms with Gasteiger partial charge in [0.2, 0.25) is 0 Å². The van der Waals surface area contributed by atoms with Crippen LogP contribution in [-0.2, 0) is 0 Å². The Balaban J connectivity index is 2.45. The second-order valence-corrected chi connectivity index (χ2v) is 5.37. The average molecular weight is 353 g/mol. The molecule has 0 spiro atoms. The van der Waals surface area contributed by atoms with Gasteiger partial charge in [0.05, 0.1) is 11.6 Å². The molecule has 0 heterocycles. The lowest BCUT2D eigenvalue weighted by molar-refractivity contribution is 0.0974. The molecular formula is C15H8BrClFNO. The van der Waals surface area contributed by atoms with Crippen LogP contribution in [0.4, 0.5) is 4.39 Å². The molecule has 0 N–H and O–H groups in total. The number of hydrogen-bond acceptors (Lipinski definition) is 2. The number of nitriles is 1. The summed E-state index contributed by atoms with van der Waals surface area (Å²) in [7, 11) is 0. The SMILES string of the molecule is N#CC(C(=O)c1c(F)cccc1Br)c1ccc(Cl)cc1. The number of Topliss-reactive ketones (excluding diaryl/α,β-unsaturated/α-hetero) is 1. The molecule has 20 heavy (non-hydrogen) atoms. The first kappa shape index (κ1) is 14.7. The van der Waals surface area contributed by atoms with E-state index < -0.39 is 17.5 Å².